The molecule has 0 aliphatic rings. The third kappa shape index (κ3) is 5.46. The Morgan fingerprint density at radius 2 is 1.89 bits per heavy atom. The molecule has 0 fully saturated rings. The summed E-state index contributed by atoms with van der Waals surface area (Å²) < 4.78 is 16.0. The number of thiophene rings is 1. The lowest BCUT2D eigenvalue weighted by atomic mass is 10.3. The van der Waals surface area contributed by atoms with E-state index in [0.717, 1.165) is 4.88 Å². The molecule has 2 aromatic heterocycles. The highest BCUT2D eigenvalue weighted by molar-refractivity contribution is 7.09. The SMILES string of the molecule is CN(Cc1cccs1)C(=O)COC(=O)c1ccc(COc2ccccc2)o1. The minimum Gasteiger partial charge on any atom is -0.486 e. The maximum Gasteiger partial charge on any atom is 0.374 e. The summed E-state index contributed by atoms with van der Waals surface area (Å²) in [5.41, 5.74) is 0. The standard InChI is InChI=1S/C20H19NO5S/c1-21(12-17-8-5-11-27-17)19(22)14-25-20(23)18-10-9-16(26-18)13-24-15-6-3-2-4-7-15/h2-11H,12-14H2,1H3. The number of hydrogen-bond acceptors (Lipinski definition) is 6. The van der Waals surface area contributed by atoms with Gasteiger partial charge in [0.2, 0.25) is 5.76 Å². The molecule has 0 aliphatic heterocycles. The molecule has 0 aliphatic carbocycles. The second-order valence-electron chi connectivity index (χ2n) is 5.77. The highest BCUT2D eigenvalue weighted by Crippen LogP contribution is 2.15. The van der Waals surface area contributed by atoms with Crippen LogP contribution >= 0.6 is 11.3 Å². The van der Waals surface area contributed by atoms with Crippen LogP contribution in [0.3, 0.4) is 0 Å². The number of ether oxygens (including phenoxy) is 2. The number of hydrogen-bond donors (Lipinski definition) is 0. The van der Waals surface area contributed by atoms with E-state index in [1.54, 1.807) is 24.5 Å². The number of rotatable bonds is 8. The van der Waals surface area contributed by atoms with Gasteiger partial charge < -0.3 is 18.8 Å². The average Bonchev–Trinajstić information content (AvgIpc) is 3.37. The average molecular weight is 385 g/mol. The van der Waals surface area contributed by atoms with Crippen molar-refractivity contribution in [1.29, 1.82) is 0 Å². The first-order chi connectivity index (χ1) is 13.1. The number of carbonyl (C=O) groups is 2. The summed E-state index contributed by atoms with van der Waals surface area (Å²) in [5.74, 6) is 0.273. The Morgan fingerprint density at radius 3 is 2.63 bits per heavy atom. The van der Waals surface area contributed by atoms with Crippen LogP contribution in [0.1, 0.15) is 21.2 Å². The summed E-state index contributed by atoms with van der Waals surface area (Å²) in [6.07, 6.45) is 0. The van der Waals surface area contributed by atoms with Gasteiger partial charge in [0.25, 0.3) is 5.91 Å². The van der Waals surface area contributed by atoms with E-state index in [-0.39, 0.29) is 24.9 Å². The Labute approximate surface area is 160 Å². The predicted octanol–water partition coefficient (Wildman–Crippen LogP) is 3.74. The molecule has 0 atom stereocenters. The van der Waals surface area contributed by atoms with Crippen molar-refractivity contribution in [3.05, 3.63) is 76.4 Å². The zero-order valence-electron chi connectivity index (χ0n) is 14.8. The Kier molecular flexibility index (Phi) is 6.27. The Hall–Kier alpha value is -3.06. The molecule has 1 aromatic carbocycles. The molecule has 0 spiro atoms. The number of furan rings is 1. The third-order valence-corrected chi connectivity index (χ3v) is 4.57. The van der Waals surface area contributed by atoms with E-state index < -0.39 is 5.97 Å². The fourth-order valence-corrected chi connectivity index (χ4v) is 3.03. The molecule has 0 saturated carbocycles. The largest absolute Gasteiger partial charge is 0.486 e. The summed E-state index contributed by atoms with van der Waals surface area (Å²) in [7, 11) is 1.67. The first kappa shape index (κ1) is 18.7. The molecule has 0 saturated heterocycles. The van der Waals surface area contributed by atoms with Crippen LogP contribution in [0.25, 0.3) is 0 Å². The van der Waals surface area contributed by atoms with Crippen molar-refractivity contribution in [2.45, 2.75) is 13.2 Å². The van der Waals surface area contributed by atoms with Gasteiger partial charge in [-0.15, -0.1) is 11.3 Å². The fourth-order valence-electron chi connectivity index (χ4n) is 2.27. The van der Waals surface area contributed by atoms with Gasteiger partial charge in [0.15, 0.2) is 6.61 Å². The van der Waals surface area contributed by atoms with Crippen LogP contribution in [0.15, 0.2) is 64.4 Å². The molecule has 2 heterocycles. The van der Waals surface area contributed by atoms with Crippen LogP contribution in [0.2, 0.25) is 0 Å². The van der Waals surface area contributed by atoms with E-state index in [1.807, 2.05) is 47.8 Å². The molecule has 0 bridgehead atoms. The third-order valence-electron chi connectivity index (χ3n) is 3.71. The molecule has 0 radical (unpaired) electrons. The van der Waals surface area contributed by atoms with Crippen molar-refractivity contribution >= 4 is 23.2 Å². The lowest BCUT2D eigenvalue weighted by molar-refractivity contribution is -0.133. The van der Waals surface area contributed by atoms with E-state index in [2.05, 4.69) is 0 Å². The predicted molar refractivity (Wildman–Crippen MR) is 101 cm³/mol. The highest BCUT2D eigenvalue weighted by atomic mass is 32.1. The summed E-state index contributed by atoms with van der Waals surface area (Å²) in [5, 5.41) is 1.95. The zero-order valence-corrected chi connectivity index (χ0v) is 15.6. The monoisotopic (exact) mass is 385 g/mol. The topological polar surface area (TPSA) is 69.0 Å². The fraction of sp³-hybridized carbons (Fsp3) is 0.200. The van der Waals surface area contributed by atoms with Crippen molar-refractivity contribution in [3.63, 3.8) is 0 Å². The first-order valence-electron chi connectivity index (χ1n) is 8.32. The second kappa shape index (κ2) is 9.05. The van der Waals surface area contributed by atoms with Gasteiger partial charge in [-0.25, -0.2) is 4.79 Å². The van der Waals surface area contributed by atoms with Crippen LogP contribution < -0.4 is 4.74 Å². The van der Waals surface area contributed by atoms with E-state index in [9.17, 15) is 9.59 Å². The van der Waals surface area contributed by atoms with Crippen LogP contribution in [0, 0.1) is 0 Å². The second-order valence-corrected chi connectivity index (χ2v) is 6.81. The smallest absolute Gasteiger partial charge is 0.374 e. The van der Waals surface area contributed by atoms with E-state index in [0.29, 0.717) is 18.1 Å². The molecule has 1 amide bonds. The van der Waals surface area contributed by atoms with Gasteiger partial charge in [-0.1, -0.05) is 24.3 Å². The van der Waals surface area contributed by atoms with Gasteiger partial charge in [-0.3, -0.25) is 4.79 Å². The van der Waals surface area contributed by atoms with Gasteiger partial charge >= 0.3 is 5.97 Å². The van der Waals surface area contributed by atoms with E-state index in [4.69, 9.17) is 13.9 Å². The Bertz CT molecular complexity index is 873. The zero-order chi connectivity index (χ0) is 19.1. The molecule has 0 unspecified atom stereocenters. The van der Waals surface area contributed by atoms with E-state index in [1.165, 1.54) is 11.0 Å². The summed E-state index contributed by atoms with van der Waals surface area (Å²) >= 11 is 1.57. The van der Waals surface area contributed by atoms with Gasteiger partial charge in [0.1, 0.15) is 18.1 Å². The summed E-state index contributed by atoms with van der Waals surface area (Å²) in [4.78, 5) is 26.7. The van der Waals surface area contributed by atoms with Gasteiger partial charge in [-0.05, 0) is 35.7 Å². The normalized spacial score (nSPS) is 10.4. The molecule has 0 N–H and O–H groups in total. The Balaban J connectivity index is 1.45. The first-order valence-corrected chi connectivity index (χ1v) is 9.20. The summed E-state index contributed by atoms with van der Waals surface area (Å²) in [6.45, 7) is 0.340. The minimum atomic E-state index is -0.682. The van der Waals surface area contributed by atoms with Crippen molar-refractivity contribution in [2.75, 3.05) is 13.7 Å². The van der Waals surface area contributed by atoms with Crippen LogP contribution in [0.4, 0.5) is 0 Å². The molecule has 3 aromatic rings. The van der Waals surface area contributed by atoms with Crippen LogP contribution in [-0.2, 0) is 22.7 Å². The van der Waals surface area contributed by atoms with Gasteiger partial charge in [-0.2, -0.15) is 0 Å². The van der Waals surface area contributed by atoms with Crippen LogP contribution in [-0.4, -0.2) is 30.4 Å². The number of para-hydroxylation sites is 1. The van der Waals surface area contributed by atoms with Crippen molar-refractivity contribution < 1.29 is 23.5 Å². The number of likely N-dealkylation sites (N-methyl/N-ethyl adjacent to an activating group) is 1. The number of amides is 1. The Morgan fingerprint density at radius 1 is 1.07 bits per heavy atom. The minimum absolute atomic E-state index is 0.0374. The van der Waals surface area contributed by atoms with Crippen LogP contribution in [0.5, 0.6) is 5.75 Å². The number of benzene rings is 1. The van der Waals surface area contributed by atoms with Gasteiger partial charge in [0.05, 0.1) is 6.54 Å². The highest BCUT2D eigenvalue weighted by Gasteiger charge is 2.17. The van der Waals surface area contributed by atoms with E-state index >= 15 is 0 Å². The molecular formula is C20H19NO5S. The summed E-state index contributed by atoms with van der Waals surface area (Å²) in [6, 6.07) is 16.3. The lowest BCUT2D eigenvalue weighted by Gasteiger charge is -2.15. The number of esters is 1. The molecule has 6 nitrogen and oxygen atoms in total. The van der Waals surface area contributed by atoms with Gasteiger partial charge in [0, 0.05) is 11.9 Å². The molecule has 27 heavy (non-hydrogen) atoms. The lowest BCUT2D eigenvalue weighted by Crippen LogP contribution is -2.30. The van der Waals surface area contributed by atoms with Crippen molar-refractivity contribution in [1.82, 2.24) is 4.90 Å². The van der Waals surface area contributed by atoms with Crippen molar-refractivity contribution in [2.24, 2.45) is 0 Å². The molecule has 140 valence electrons. The quantitative estimate of drug-likeness (QED) is 0.553. The molecule has 3 rings (SSSR count). The van der Waals surface area contributed by atoms with Crippen molar-refractivity contribution in [3.8, 4) is 5.75 Å². The number of nitrogens with zero attached hydrogens (tertiary/aromatic N) is 1. The maximum absolute atomic E-state index is 12.1. The maximum atomic E-state index is 12.1. The molecular weight excluding hydrogens is 366 g/mol. The number of carbonyl (C=O) groups excluding carboxylic acids is 2. The molecule has 7 heteroatoms.